The summed E-state index contributed by atoms with van der Waals surface area (Å²) < 4.78 is 0. The molecule has 0 unspecified atom stereocenters. The lowest BCUT2D eigenvalue weighted by Gasteiger charge is -2.03. The normalized spacial score (nSPS) is 11.7. The standard InChI is InChI=1S/4C30H22/c4*1-3-13-29-25(7-1)9-5-11-27(29)21-19-23-15-17-24(18-16-23)20-22-28-12-6-10-26-8-2-4-14-30(26)28/h4*1-22H/b4*21-19+,22-20+. The van der Waals surface area contributed by atoms with Crippen LogP contribution in [-0.2, 0) is 0 Å². The summed E-state index contributed by atoms with van der Waals surface area (Å²) in [5.74, 6) is 0. The fourth-order valence-electron chi connectivity index (χ4n) is 15.5. The molecule has 0 heteroatoms. The van der Waals surface area contributed by atoms with Crippen LogP contribution in [0.5, 0.6) is 0 Å². The highest BCUT2D eigenvalue weighted by atomic mass is 14.1. The van der Waals surface area contributed by atoms with Crippen LogP contribution in [-0.4, -0.2) is 0 Å². The van der Waals surface area contributed by atoms with Crippen LogP contribution >= 0.6 is 0 Å². The lowest BCUT2D eigenvalue weighted by molar-refractivity contribution is 1.62. The van der Waals surface area contributed by atoms with E-state index in [1.165, 1.54) is 175 Å². The molecule has 568 valence electrons. The quantitative estimate of drug-likeness (QED) is 0.0846. The summed E-state index contributed by atoms with van der Waals surface area (Å²) in [6.45, 7) is 0. The summed E-state index contributed by atoms with van der Waals surface area (Å²) in [5.41, 5.74) is 19.5. The van der Waals surface area contributed by atoms with Crippen LogP contribution in [0.25, 0.3) is 183 Å². The second kappa shape index (κ2) is 38.2. The van der Waals surface area contributed by atoms with E-state index in [2.05, 4.69) is 534 Å². The van der Waals surface area contributed by atoms with E-state index in [0.29, 0.717) is 0 Å². The van der Waals surface area contributed by atoms with E-state index in [9.17, 15) is 0 Å². The molecule has 0 saturated heterocycles. The highest BCUT2D eigenvalue weighted by Crippen LogP contribution is 2.30. The molecule has 20 aromatic rings. The van der Waals surface area contributed by atoms with Gasteiger partial charge >= 0.3 is 0 Å². The van der Waals surface area contributed by atoms with Gasteiger partial charge in [0, 0.05) is 0 Å². The first kappa shape index (κ1) is 77.0. The molecule has 0 aliphatic heterocycles. The monoisotopic (exact) mass is 1530 g/mol. The highest BCUT2D eigenvalue weighted by Gasteiger charge is 2.06. The summed E-state index contributed by atoms with van der Waals surface area (Å²) >= 11 is 0. The van der Waals surface area contributed by atoms with E-state index in [-0.39, 0.29) is 0 Å². The Morgan fingerprint density at radius 1 is 0.0833 bits per heavy atom. The van der Waals surface area contributed by atoms with Gasteiger partial charge in [-0.05, 0) is 175 Å². The molecule has 0 N–H and O–H groups in total. The first-order chi connectivity index (χ1) is 59.5. The van der Waals surface area contributed by atoms with Crippen LogP contribution in [0.2, 0.25) is 0 Å². The number of fused-ring (bicyclic) bond motifs is 8. The number of benzene rings is 20. The van der Waals surface area contributed by atoms with Crippen molar-refractivity contribution < 1.29 is 0 Å². The van der Waals surface area contributed by atoms with Gasteiger partial charge in [0.25, 0.3) is 0 Å². The van der Waals surface area contributed by atoms with Crippen molar-refractivity contribution in [3.05, 3.63) is 526 Å². The van der Waals surface area contributed by atoms with Gasteiger partial charge in [0.1, 0.15) is 0 Å². The number of rotatable bonds is 16. The molecular weight excluding hydrogens is 1440 g/mol. The summed E-state index contributed by atoms with van der Waals surface area (Å²) in [4.78, 5) is 0. The predicted octanol–water partition coefficient (Wildman–Crippen LogP) is 33.3. The fourth-order valence-corrected chi connectivity index (χ4v) is 15.5. The van der Waals surface area contributed by atoms with Gasteiger partial charge in [-0.15, -0.1) is 0 Å². The molecule has 0 atom stereocenters. The molecule has 20 aromatic carbocycles. The minimum absolute atomic E-state index is 1.20. The Hall–Kier alpha value is -15.6. The molecular formula is C120H88. The van der Waals surface area contributed by atoms with Crippen LogP contribution in [0.15, 0.2) is 437 Å². The average Bonchev–Trinajstić information content (AvgIpc) is 0.860. The van der Waals surface area contributed by atoms with Gasteiger partial charge in [0.15, 0.2) is 0 Å². The molecule has 0 aliphatic carbocycles. The molecule has 120 heavy (non-hydrogen) atoms. The summed E-state index contributed by atoms with van der Waals surface area (Å²) in [7, 11) is 0. The Kier molecular flexibility index (Phi) is 24.5. The van der Waals surface area contributed by atoms with Crippen molar-refractivity contribution in [2.24, 2.45) is 0 Å². The third-order valence-corrected chi connectivity index (χ3v) is 22.0. The Morgan fingerprint density at radius 3 is 0.300 bits per heavy atom. The predicted molar refractivity (Wildman–Crippen MR) is 529 cm³/mol. The molecule has 0 saturated carbocycles. The highest BCUT2D eigenvalue weighted by molar-refractivity contribution is 6.00. The fraction of sp³-hybridized carbons (Fsp3) is 0. The lowest BCUT2D eigenvalue weighted by Crippen LogP contribution is -1.79. The Labute approximate surface area is 704 Å². The molecule has 0 bridgehead atoms. The summed E-state index contributed by atoms with van der Waals surface area (Å²) in [5, 5.41) is 20.4. The Bertz CT molecular complexity index is 5870. The van der Waals surface area contributed by atoms with Gasteiger partial charge in [-0.3, -0.25) is 0 Å². The van der Waals surface area contributed by atoms with Crippen LogP contribution in [0, 0.1) is 0 Å². The largest absolute Gasteiger partial charge is 0.0616 e. The van der Waals surface area contributed by atoms with Crippen molar-refractivity contribution in [3.8, 4) is 0 Å². The molecule has 0 spiro atoms. The third-order valence-electron chi connectivity index (χ3n) is 22.0. The Morgan fingerprint density at radius 2 is 0.183 bits per heavy atom. The van der Waals surface area contributed by atoms with Crippen LogP contribution in [0.1, 0.15) is 89.0 Å². The lowest BCUT2D eigenvalue weighted by atomic mass is 10.0. The van der Waals surface area contributed by atoms with Crippen LogP contribution in [0.3, 0.4) is 0 Å². The molecule has 0 amide bonds. The van der Waals surface area contributed by atoms with Gasteiger partial charge < -0.3 is 0 Å². The van der Waals surface area contributed by atoms with Crippen molar-refractivity contribution in [1.82, 2.24) is 0 Å². The third kappa shape index (κ3) is 19.5. The zero-order chi connectivity index (χ0) is 80.7. The minimum atomic E-state index is 1.20. The maximum Gasteiger partial charge on any atom is -0.0111 e. The van der Waals surface area contributed by atoms with Crippen LogP contribution < -0.4 is 0 Å². The van der Waals surface area contributed by atoms with E-state index in [1.807, 2.05) is 0 Å². The topological polar surface area (TPSA) is 0 Å². The maximum absolute atomic E-state index is 2.20. The van der Waals surface area contributed by atoms with Crippen molar-refractivity contribution in [1.29, 1.82) is 0 Å². The van der Waals surface area contributed by atoms with E-state index in [4.69, 9.17) is 0 Å². The SMILES string of the molecule is C(=C\c1cccc2ccccc12)/c1ccc(/C=C/c2cccc3ccccc23)cc1.C(=C\c1cccc2ccccc12)/c1ccc(/C=C/c2cccc3ccccc23)cc1.C(=C\c1cccc2ccccc12)/c1ccc(/C=C/c2cccc3ccccc23)cc1.C(=C\c1cccc2ccccc12)/c1ccc(/C=C/c2cccc3ccccc23)cc1. The van der Waals surface area contributed by atoms with Gasteiger partial charge in [0.2, 0.25) is 0 Å². The summed E-state index contributed by atoms with van der Waals surface area (Å²) in [6.07, 6.45) is 35.0. The van der Waals surface area contributed by atoms with E-state index < -0.39 is 0 Å². The smallest absolute Gasteiger partial charge is 0.0111 e. The van der Waals surface area contributed by atoms with Crippen molar-refractivity contribution in [3.63, 3.8) is 0 Å². The molecule has 0 aliphatic rings. The molecule has 0 aromatic heterocycles. The minimum Gasteiger partial charge on any atom is -0.0616 e. The molecule has 0 radical (unpaired) electrons. The number of hydrogen-bond acceptors (Lipinski definition) is 0. The van der Waals surface area contributed by atoms with Crippen molar-refractivity contribution in [2.75, 3.05) is 0 Å². The first-order valence-electron chi connectivity index (χ1n) is 41.1. The second-order valence-corrected chi connectivity index (χ2v) is 29.9. The summed E-state index contributed by atoms with van der Waals surface area (Å²) in [6, 6.07) is 154. The van der Waals surface area contributed by atoms with Gasteiger partial charge in [0.05, 0.1) is 0 Å². The molecule has 0 heterocycles. The average molecular weight is 1530 g/mol. The zero-order valence-electron chi connectivity index (χ0n) is 66.8. The van der Waals surface area contributed by atoms with Crippen LogP contribution in [0.4, 0.5) is 0 Å². The van der Waals surface area contributed by atoms with E-state index in [0.717, 1.165) is 0 Å². The second-order valence-electron chi connectivity index (χ2n) is 29.9. The molecule has 20 rings (SSSR count). The van der Waals surface area contributed by atoms with Gasteiger partial charge in [-0.25, -0.2) is 0 Å². The van der Waals surface area contributed by atoms with Crippen molar-refractivity contribution in [2.45, 2.75) is 0 Å². The molecule has 0 nitrogen and oxygen atoms in total. The zero-order valence-corrected chi connectivity index (χ0v) is 66.8. The van der Waals surface area contributed by atoms with E-state index in [1.54, 1.807) is 0 Å². The van der Waals surface area contributed by atoms with Gasteiger partial charge in [-0.2, -0.15) is 0 Å². The first-order valence-corrected chi connectivity index (χ1v) is 41.1. The number of hydrogen-bond donors (Lipinski definition) is 0. The Balaban J connectivity index is 0.000000114. The molecule has 0 fully saturated rings. The van der Waals surface area contributed by atoms with E-state index >= 15 is 0 Å². The van der Waals surface area contributed by atoms with Gasteiger partial charge in [-0.1, -0.05) is 534 Å². The van der Waals surface area contributed by atoms with Crippen molar-refractivity contribution >= 4 is 183 Å². The maximum atomic E-state index is 2.20.